The maximum Gasteiger partial charge on any atom is 0.223 e. The van der Waals surface area contributed by atoms with E-state index in [4.69, 9.17) is 5.11 Å². The topological polar surface area (TPSA) is 66.4 Å². The lowest BCUT2D eigenvalue weighted by Crippen LogP contribution is -2.34. The number of nitrogens with one attached hydrogen (secondary N) is 1. The molecular weight excluding hydrogens is 346 g/mol. The van der Waals surface area contributed by atoms with E-state index in [1.54, 1.807) is 0 Å². The average Bonchev–Trinajstić information content (AvgIpc) is 2.46. The molecule has 1 amide bonds. The Balaban J connectivity index is 2.61. The zero-order chi connectivity index (χ0) is 16.5. The molecule has 22 heavy (non-hydrogen) atoms. The Morgan fingerprint density at radius 1 is 1.23 bits per heavy atom. The van der Waals surface area contributed by atoms with E-state index < -0.39 is 0 Å². The first kappa shape index (κ1) is 18.8. The Hall–Kier alpha value is -1.20. The van der Waals surface area contributed by atoms with Crippen LogP contribution in [-0.2, 0) is 16.0 Å². The molecule has 1 aromatic carbocycles. The zero-order valence-electron chi connectivity index (χ0n) is 13.1. The Morgan fingerprint density at radius 2 is 1.86 bits per heavy atom. The van der Waals surface area contributed by atoms with Crippen LogP contribution < -0.4 is 5.32 Å². The molecule has 0 bridgehead atoms. The minimum Gasteiger partial charge on any atom is -0.395 e. The van der Waals surface area contributed by atoms with Crippen molar-refractivity contribution in [3.63, 3.8) is 0 Å². The van der Waals surface area contributed by atoms with Gasteiger partial charge in [-0.1, -0.05) is 41.9 Å². The monoisotopic (exact) mass is 369 g/mol. The molecule has 122 valence electrons. The highest BCUT2D eigenvalue weighted by atomic mass is 79.9. The van der Waals surface area contributed by atoms with Gasteiger partial charge < -0.3 is 10.4 Å². The maximum atomic E-state index is 12.2. The predicted octanol–water partition coefficient (Wildman–Crippen LogP) is 2.72. The van der Waals surface area contributed by atoms with Gasteiger partial charge in [0, 0.05) is 29.8 Å². The molecular formula is C17H24BrNO3. The van der Waals surface area contributed by atoms with E-state index in [1.165, 1.54) is 0 Å². The van der Waals surface area contributed by atoms with E-state index in [-0.39, 0.29) is 37.2 Å². The average molecular weight is 370 g/mol. The zero-order valence-corrected chi connectivity index (χ0v) is 14.7. The van der Waals surface area contributed by atoms with Crippen molar-refractivity contribution in [3.8, 4) is 0 Å². The van der Waals surface area contributed by atoms with E-state index in [1.807, 2.05) is 38.1 Å². The molecule has 2 N–H and O–H groups in total. The van der Waals surface area contributed by atoms with Gasteiger partial charge in [-0.15, -0.1) is 0 Å². The summed E-state index contributed by atoms with van der Waals surface area (Å²) in [6.45, 7) is 4.21. The Labute approximate surface area is 140 Å². The molecule has 0 heterocycles. The first-order chi connectivity index (χ1) is 10.4. The molecule has 4 nitrogen and oxygen atoms in total. The summed E-state index contributed by atoms with van der Waals surface area (Å²) in [5.41, 5.74) is 0.951. The highest BCUT2D eigenvalue weighted by Gasteiger charge is 2.22. The Kier molecular flexibility index (Phi) is 8.35. The maximum absolute atomic E-state index is 12.2. The number of benzene rings is 1. The molecule has 0 aliphatic rings. The third-order valence-electron chi connectivity index (χ3n) is 3.33. The molecule has 1 atom stereocenters. The van der Waals surface area contributed by atoms with Crippen LogP contribution in [0.1, 0.15) is 32.3 Å². The minimum absolute atomic E-state index is 0.0621. The van der Waals surface area contributed by atoms with Crippen LogP contribution >= 0.6 is 15.9 Å². The summed E-state index contributed by atoms with van der Waals surface area (Å²) < 4.78 is 0.977. The summed E-state index contributed by atoms with van der Waals surface area (Å²) in [5.74, 6) is -0.0705. The smallest absolute Gasteiger partial charge is 0.223 e. The van der Waals surface area contributed by atoms with E-state index in [0.29, 0.717) is 18.8 Å². The highest BCUT2D eigenvalue weighted by molar-refractivity contribution is 9.10. The number of hydrogen-bond acceptors (Lipinski definition) is 3. The van der Waals surface area contributed by atoms with Crippen molar-refractivity contribution < 1.29 is 14.7 Å². The van der Waals surface area contributed by atoms with Crippen LogP contribution in [-0.4, -0.2) is 29.9 Å². The Morgan fingerprint density at radius 3 is 2.41 bits per heavy atom. The summed E-state index contributed by atoms with van der Waals surface area (Å²) in [5, 5.41) is 11.5. The van der Waals surface area contributed by atoms with Crippen LogP contribution in [0.25, 0.3) is 0 Å². The first-order valence-corrected chi connectivity index (χ1v) is 8.36. The van der Waals surface area contributed by atoms with Gasteiger partial charge in [-0.3, -0.25) is 9.59 Å². The largest absolute Gasteiger partial charge is 0.395 e. The lowest BCUT2D eigenvalue weighted by Gasteiger charge is -2.18. The molecule has 0 spiro atoms. The molecule has 1 aromatic rings. The van der Waals surface area contributed by atoms with Gasteiger partial charge in [-0.2, -0.15) is 0 Å². The van der Waals surface area contributed by atoms with Gasteiger partial charge in [0.15, 0.2) is 0 Å². The number of rotatable bonds is 9. The number of hydrogen-bond donors (Lipinski definition) is 2. The number of aliphatic hydroxyl groups excluding tert-OH is 1. The van der Waals surface area contributed by atoms with Crippen molar-refractivity contribution in [2.75, 3.05) is 13.2 Å². The van der Waals surface area contributed by atoms with Gasteiger partial charge >= 0.3 is 0 Å². The molecule has 5 heteroatoms. The van der Waals surface area contributed by atoms with Crippen molar-refractivity contribution in [2.24, 2.45) is 11.8 Å². The number of carbonyl (C=O) groups is 2. The summed E-state index contributed by atoms with van der Waals surface area (Å²) in [4.78, 5) is 24.3. The third-order valence-corrected chi connectivity index (χ3v) is 3.86. The fourth-order valence-electron chi connectivity index (χ4n) is 2.35. The molecule has 0 unspecified atom stereocenters. The lowest BCUT2D eigenvalue weighted by atomic mass is 9.90. The van der Waals surface area contributed by atoms with E-state index in [2.05, 4.69) is 21.2 Å². The van der Waals surface area contributed by atoms with Crippen molar-refractivity contribution in [2.45, 2.75) is 33.1 Å². The lowest BCUT2D eigenvalue weighted by molar-refractivity contribution is -0.129. The second kappa shape index (κ2) is 9.74. The Bertz CT molecular complexity index is 485. The van der Waals surface area contributed by atoms with Gasteiger partial charge in [-0.05, 0) is 30.0 Å². The molecule has 1 rings (SSSR count). The molecule has 0 aliphatic carbocycles. The van der Waals surface area contributed by atoms with Crippen LogP contribution in [0.2, 0.25) is 0 Å². The van der Waals surface area contributed by atoms with E-state index >= 15 is 0 Å². The summed E-state index contributed by atoms with van der Waals surface area (Å²) in [7, 11) is 0. The standard InChI is InChI=1S/C17H24BrNO3/c1-12(2)9-14(17(22)19-7-8-20)11-16(21)10-13-3-5-15(18)6-4-13/h3-6,12,14,20H,7-11H2,1-2H3,(H,19,22)/t14-/m1/s1. The first-order valence-electron chi connectivity index (χ1n) is 7.57. The minimum atomic E-state index is -0.325. The highest BCUT2D eigenvalue weighted by Crippen LogP contribution is 2.18. The fraction of sp³-hybridized carbons (Fsp3) is 0.529. The van der Waals surface area contributed by atoms with E-state index in [9.17, 15) is 9.59 Å². The summed E-state index contributed by atoms with van der Waals surface area (Å²) in [6.07, 6.45) is 1.25. The van der Waals surface area contributed by atoms with Crippen molar-refractivity contribution in [3.05, 3.63) is 34.3 Å². The number of Topliss-reactive ketones (excluding diaryl/α,β-unsaturated/α-hetero) is 1. The molecule has 0 fully saturated rings. The normalized spacial score (nSPS) is 12.2. The molecule has 0 aliphatic heterocycles. The fourth-order valence-corrected chi connectivity index (χ4v) is 2.62. The quantitative estimate of drug-likeness (QED) is 0.703. The van der Waals surface area contributed by atoms with Gasteiger partial charge in [0.1, 0.15) is 5.78 Å². The number of aliphatic hydroxyl groups is 1. The van der Waals surface area contributed by atoms with Crippen molar-refractivity contribution >= 4 is 27.6 Å². The van der Waals surface area contributed by atoms with Crippen molar-refractivity contribution in [1.82, 2.24) is 5.32 Å². The van der Waals surface area contributed by atoms with E-state index in [0.717, 1.165) is 10.0 Å². The molecule has 0 radical (unpaired) electrons. The SMILES string of the molecule is CC(C)C[C@H](CC(=O)Cc1ccc(Br)cc1)C(=O)NCCO. The summed E-state index contributed by atoms with van der Waals surface area (Å²) >= 11 is 3.36. The van der Waals surface area contributed by atoms with Crippen molar-refractivity contribution in [1.29, 1.82) is 0 Å². The van der Waals surface area contributed by atoms with Gasteiger partial charge in [0.05, 0.1) is 6.61 Å². The van der Waals surface area contributed by atoms with Crippen LogP contribution in [0.3, 0.4) is 0 Å². The second-order valence-corrected chi connectivity index (χ2v) is 6.80. The third kappa shape index (κ3) is 7.18. The van der Waals surface area contributed by atoms with Gasteiger partial charge in [-0.25, -0.2) is 0 Å². The number of carbonyl (C=O) groups excluding carboxylic acids is 2. The molecule has 0 saturated carbocycles. The molecule has 0 saturated heterocycles. The van der Waals surface area contributed by atoms with Crippen LogP contribution in [0, 0.1) is 11.8 Å². The predicted molar refractivity (Wildman–Crippen MR) is 90.5 cm³/mol. The van der Waals surface area contributed by atoms with Crippen LogP contribution in [0.4, 0.5) is 0 Å². The van der Waals surface area contributed by atoms with Gasteiger partial charge in [0.2, 0.25) is 5.91 Å². The van der Waals surface area contributed by atoms with Crippen LogP contribution in [0.15, 0.2) is 28.7 Å². The molecule has 0 aromatic heterocycles. The number of halogens is 1. The van der Waals surface area contributed by atoms with Crippen LogP contribution in [0.5, 0.6) is 0 Å². The number of amides is 1. The summed E-state index contributed by atoms with van der Waals surface area (Å²) in [6, 6.07) is 7.63. The van der Waals surface area contributed by atoms with Gasteiger partial charge in [0.25, 0.3) is 0 Å². The number of ketones is 1. The second-order valence-electron chi connectivity index (χ2n) is 5.89.